The van der Waals surface area contributed by atoms with Gasteiger partial charge in [-0.05, 0) is 58.8 Å². The first-order valence-electron chi connectivity index (χ1n) is 8.89. The fraction of sp³-hybridized carbons (Fsp3) is 0.250. The number of methoxy groups -OCH3 is 2. The zero-order valence-electron chi connectivity index (χ0n) is 16.5. The van der Waals surface area contributed by atoms with Crippen LogP contribution in [-0.2, 0) is 16.1 Å². The van der Waals surface area contributed by atoms with E-state index in [1.807, 2.05) is 6.92 Å². The Hall–Kier alpha value is -3.27. The number of hydrogen-bond donors (Lipinski definition) is 1. The third-order valence-electron chi connectivity index (χ3n) is 4.18. The fourth-order valence-electron chi connectivity index (χ4n) is 2.82. The first kappa shape index (κ1) is 21.4. The minimum Gasteiger partial charge on any atom is -0.493 e. The Bertz CT molecular complexity index is 1030. The van der Waals surface area contributed by atoms with Gasteiger partial charge in [-0.2, -0.15) is 0 Å². The van der Waals surface area contributed by atoms with Gasteiger partial charge in [0.1, 0.15) is 11.5 Å². The molecule has 10 heteroatoms. The van der Waals surface area contributed by atoms with Crippen molar-refractivity contribution in [1.29, 1.82) is 0 Å². The van der Waals surface area contributed by atoms with Gasteiger partial charge in [0.2, 0.25) is 5.76 Å². The van der Waals surface area contributed by atoms with Gasteiger partial charge < -0.3 is 23.9 Å². The second-order valence-electron chi connectivity index (χ2n) is 6.10. The van der Waals surface area contributed by atoms with Crippen molar-refractivity contribution >= 4 is 39.9 Å². The summed E-state index contributed by atoms with van der Waals surface area (Å²) < 4.78 is 21.4. The number of halogens is 1. The van der Waals surface area contributed by atoms with E-state index in [-0.39, 0.29) is 23.8 Å². The summed E-state index contributed by atoms with van der Waals surface area (Å²) in [7, 11) is 2.74. The molecular formula is C20H19BrN2O7. The predicted octanol–water partition coefficient (Wildman–Crippen LogP) is 3.33. The molecule has 0 radical (unpaired) electrons. The van der Waals surface area contributed by atoms with Crippen LogP contribution in [0.4, 0.5) is 4.79 Å². The minimum atomic E-state index is -0.644. The highest BCUT2D eigenvalue weighted by Crippen LogP contribution is 2.37. The van der Waals surface area contributed by atoms with Crippen LogP contribution >= 0.6 is 15.9 Å². The quantitative estimate of drug-likeness (QED) is 0.369. The van der Waals surface area contributed by atoms with Crippen LogP contribution in [0.2, 0.25) is 0 Å². The Balaban J connectivity index is 1.82. The second-order valence-corrected chi connectivity index (χ2v) is 6.96. The van der Waals surface area contributed by atoms with Crippen molar-refractivity contribution in [3.63, 3.8) is 0 Å². The lowest BCUT2D eigenvalue weighted by atomic mass is 10.1. The maximum absolute atomic E-state index is 12.7. The number of carbonyl (C=O) groups is 3. The number of imide groups is 1. The number of rotatable bonds is 7. The molecule has 158 valence electrons. The van der Waals surface area contributed by atoms with Crippen LogP contribution in [-0.4, -0.2) is 43.6 Å². The van der Waals surface area contributed by atoms with Gasteiger partial charge in [0.15, 0.2) is 11.5 Å². The summed E-state index contributed by atoms with van der Waals surface area (Å²) >= 11 is 3.43. The van der Waals surface area contributed by atoms with E-state index in [0.29, 0.717) is 28.1 Å². The lowest BCUT2D eigenvalue weighted by Gasteiger charge is -2.12. The maximum Gasteiger partial charge on any atom is 0.373 e. The number of esters is 1. The molecule has 2 aromatic rings. The average molecular weight is 479 g/mol. The number of nitrogens with zero attached hydrogens (tertiary/aromatic N) is 1. The summed E-state index contributed by atoms with van der Waals surface area (Å²) in [4.78, 5) is 37.4. The zero-order chi connectivity index (χ0) is 21.8. The van der Waals surface area contributed by atoms with E-state index < -0.39 is 17.9 Å². The highest BCUT2D eigenvalue weighted by Gasteiger charge is 2.34. The summed E-state index contributed by atoms with van der Waals surface area (Å²) in [5.74, 6) is 0.115. The molecule has 1 aliphatic rings. The maximum atomic E-state index is 12.7. The monoisotopic (exact) mass is 478 g/mol. The van der Waals surface area contributed by atoms with E-state index in [0.717, 1.165) is 4.90 Å². The number of benzene rings is 1. The lowest BCUT2D eigenvalue weighted by Crippen LogP contribution is -2.30. The molecule has 0 unspecified atom stereocenters. The highest BCUT2D eigenvalue weighted by atomic mass is 79.9. The molecule has 0 aliphatic carbocycles. The Kier molecular flexibility index (Phi) is 6.46. The van der Waals surface area contributed by atoms with Crippen molar-refractivity contribution in [2.24, 2.45) is 0 Å². The molecule has 0 atom stereocenters. The normalized spacial score (nSPS) is 14.8. The predicted molar refractivity (Wildman–Crippen MR) is 109 cm³/mol. The number of carbonyl (C=O) groups excluding carboxylic acids is 3. The van der Waals surface area contributed by atoms with Crippen LogP contribution in [0.5, 0.6) is 11.5 Å². The van der Waals surface area contributed by atoms with Gasteiger partial charge in [0.25, 0.3) is 5.91 Å². The van der Waals surface area contributed by atoms with E-state index in [9.17, 15) is 14.4 Å². The van der Waals surface area contributed by atoms with Crippen molar-refractivity contribution in [2.75, 3.05) is 20.8 Å². The summed E-state index contributed by atoms with van der Waals surface area (Å²) in [5.41, 5.74) is 0.719. The minimum absolute atomic E-state index is 0.0124. The van der Waals surface area contributed by atoms with Crippen molar-refractivity contribution in [3.8, 4) is 11.5 Å². The van der Waals surface area contributed by atoms with E-state index in [4.69, 9.17) is 13.9 Å². The summed E-state index contributed by atoms with van der Waals surface area (Å²) in [5, 5.41) is 2.54. The van der Waals surface area contributed by atoms with Gasteiger partial charge in [0, 0.05) is 0 Å². The summed E-state index contributed by atoms with van der Waals surface area (Å²) in [6.07, 6.45) is 1.53. The molecule has 1 saturated heterocycles. The molecule has 1 aromatic carbocycles. The largest absolute Gasteiger partial charge is 0.493 e. The Morgan fingerprint density at radius 2 is 2.03 bits per heavy atom. The van der Waals surface area contributed by atoms with E-state index >= 15 is 0 Å². The SMILES string of the molecule is CCOc1c(Br)cc(C=C2NC(=O)N(Cc3ccc(C(=O)OC)o3)C2=O)cc1OC. The molecule has 0 saturated carbocycles. The van der Waals surface area contributed by atoms with Crippen molar-refractivity contribution in [1.82, 2.24) is 10.2 Å². The standard InChI is InChI=1S/C20H19BrN2O7/c1-4-29-17-13(21)7-11(9-16(17)27-2)8-14-18(24)23(20(26)22-14)10-12-5-6-15(30-12)19(25)28-3/h5-9H,4,10H2,1-3H3,(H,22,26). The number of furan rings is 1. The smallest absolute Gasteiger partial charge is 0.373 e. The number of urea groups is 1. The van der Waals surface area contributed by atoms with E-state index in [2.05, 4.69) is 26.0 Å². The van der Waals surface area contributed by atoms with Crippen LogP contribution in [0.15, 0.2) is 38.9 Å². The third kappa shape index (κ3) is 4.33. The molecule has 0 bridgehead atoms. The Morgan fingerprint density at radius 3 is 2.70 bits per heavy atom. The van der Waals surface area contributed by atoms with E-state index in [1.54, 1.807) is 12.1 Å². The number of nitrogens with one attached hydrogen (secondary N) is 1. The molecule has 0 spiro atoms. The van der Waals surface area contributed by atoms with Gasteiger partial charge in [-0.15, -0.1) is 0 Å². The first-order valence-corrected chi connectivity index (χ1v) is 9.69. The first-order chi connectivity index (χ1) is 14.4. The Morgan fingerprint density at radius 1 is 1.27 bits per heavy atom. The second kappa shape index (κ2) is 9.04. The molecule has 3 rings (SSSR count). The van der Waals surface area contributed by atoms with Gasteiger partial charge >= 0.3 is 12.0 Å². The van der Waals surface area contributed by atoms with E-state index in [1.165, 1.54) is 32.4 Å². The van der Waals surface area contributed by atoms with Crippen LogP contribution in [0, 0.1) is 0 Å². The molecule has 1 N–H and O–H groups in total. The Labute approximate surface area is 180 Å². The van der Waals surface area contributed by atoms with Crippen LogP contribution in [0.25, 0.3) is 6.08 Å². The van der Waals surface area contributed by atoms with Gasteiger partial charge in [-0.3, -0.25) is 9.69 Å². The molecule has 9 nitrogen and oxygen atoms in total. The van der Waals surface area contributed by atoms with Crippen LogP contribution < -0.4 is 14.8 Å². The molecule has 1 aromatic heterocycles. The van der Waals surface area contributed by atoms with Gasteiger partial charge in [-0.1, -0.05) is 0 Å². The molecule has 1 fully saturated rings. The molecule has 3 amide bonds. The molecule has 30 heavy (non-hydrogen) atoms. The van der Waals surface area contributed by atoms with Crippen molar-refractivity contribution < 1.29 is 33.0 Å². The van der Waals surface area contributed by atoms with Gasteiger partial charge in [0.05, 0.1) is 31.8 Å². The van der Waals surface area contributed by atoms with Crippen molar-refractivity contribution in [2.45, 2.75) is 13.5 Å². The number of amides is 3. The van der Waals surface area contributed by atoms with Crippen LogP contribution in [0.3, 0.4) is 0 Å². The zero-order valence-corrected chi connectivity index (χ0v) is 18.1. The van der Waals surface area contributed by atoms with Crippen molar-refractivity contribution in [3.05, 3.63) is 51.5 Å². The average Bonchev–Trinajstić information content (AvgIpc) is 3.30. The topological polar surface area (TPSA) is 107 Å². The van der Waals surface area contributed by atoms with Crippen LogP contribution in [0.1, 0.15) is 28.8 Å². The third-order valence-corrected chi connectivity index (χ3v) is 4.76. The summed E-state index contributed by atoms with van der Waals surface area (Å²) in [6.45, 7) is 2.19. The lowest BCUT2D eigenvalue weighted by molar-refractivity contribution is -0.123. The summed E-state index contributed by atoms with van der Waals surface area (Å²) in [6, 6.07) is 5.76. The highest BCUT2D eigenvalue weighted by molar-refractivity contribution is 9.10. The fourth-order valence-corrected chi connectivity index (χ4v) is 3.39. The van der Waals surface area contributed by atoms with Gasteiger partial charge in [-0.25, -0.2) is 9.59 Å². The molecule has 1 aliphatic heterocycles. The number of hydrogen-bond acceptors (Lipinski definition) is 7. The molecular weight excluding hydrogens is 460 g/mol. The molecule has 2 heterocycles. The number of ether oxygens (including phenoxy) is 3.